The number of benzene rings is 2. The van der Waals surface area contributed by atoms with Gasteiger partial charge in [0.05, 0.1) is 12.2 Å². The van der Waals surface area contributed by atoms with Gasteiger partial charge in [-0.25, -0.2) is 0 Å². The van der Waals surface area contributed by atoms with E-state index in [2.05, 4.69) is 17.6 Å². The van der Waals surface area contributed by atoms with E-state index in [1.54, 1.807) is 42.5 Å². The van der Waals surface area contributed by atoms with Gasteiger partial charge in [-0.2, -0.15) is 0 Å². The Morgan fingerprint density at radius 3 is 2.54 bits per heavy atom. The molecule has 0 aliphatic heterocycles. The zero-order valence-electron chi connectivity index (χ0n) is 15.5. The molecule has 2 aromatic rings. The predicted octanol–water partition coefficient (Wildman–Crippen LogP) is 4.26. The number of carbonyl (C=O) groups excluding carboxylic acids is 2. The zero-order chi connectivity index (χ0) is 18.9. The lowest BCUT2D eigenvalue weighted by Gasteiger charge is -2.12. The average Bonchev–Trinajstić information content (AvgIpc) is 2.62. The van der Waals surface area contributed by atoms with Crippen LogP contribution in [0.15, 0.2) is 48.5 Å². The highest BCUT2D eigenvalue weighted by atomic mass is 16.5. The number of hydrogen-bond donors (Lipinski definition) is 2. The van der Waals surface area contributed by atoms with E-state index in [1.807, 2.05) is 19.9 Å². The summed E-state index contributed by atoms with van der Waals surface area (Å²) in [6.45, 7) is 6.47. The Hall–Kier alpha value is -2.82. The number of amides is 2. The highest BCUT2D eigenvalue weighted by Crippen LogP contribution is 2.20. The molecule has 2 aromatic carbocycles. The Kier molecular flexibility index (Phi) is 7.21. The standard InChI is InChI=1S/C21H26N2O3/c1-4-5-13-26-19-12-7-6-11-18(19)21(25)23-17-10-8-9-16(14-17)20(24)22-15(2)3/h6-12,14-15H,4-5,13H2,1-3H3,(H,22,24)(H,23,25). The second kappa shape index (κ2) is 9.61. The molecule has 0 bridgehead atoms. The summed E-state index contributed by atoms with van der Waals surface area (Å²) >= 11 is 0. The first-order chi connectivity index (χ1) is 12.5. The summed E-state index contributed by atoms with van der Waals surface area (Å²) in [5.41, 5.74) is 1.54. The van der Waals surface area contributed by atoms with Crippen LogP contribution in [-0.2, 0) is 0 Å². The Morgan fingerprint density at radius 1 is 1.04 bits per heavy atom. The van der Waals surface area contributed by atoms with Crippen molar-refractivity contribution < 1.29 is 14.3 Å². The second-order valence-corrected chi connectivity index (χ2v) is 6.36. The van der Waals surface area contributed by atoms with Gasteiger partial charge in [-0.3, -0.25) is 9.59 Å². The Balaban J connectivity index is 2.12. The predicted molar refractivity (Wildman–Crippen MR) is 104 cm³/mol. The quantitative estimate of drug-likeness (QED) is 0.696. The molecular weight excluding hydrogens is 328 g/mol. The van der Waals surface area contributed by atoms with Gasteiger partial charge in [0.1, 0.15) is 5.75 Å². The third-order valence-corrected chi connectivity index (χ3v) is 3.69. The van der Waals surface area contributed by atoms with Crippen molar-refractivity contribution in [2.24, 2.45) is 0 Å². The molecule has 0 aliphatic carbocycles. The molecule has 0 unspecified atom stereocenters. The van der Waals surface area contributed by atoms with Crippen molar-refractivity contribution in [1.29, 1.82) is 0 Å². The molecule has 0 saturated carbocycles. The normalized spacial score (nSPS) is 10.5. The van der Waals surface area contributed by atoms with Gasteiger partial charge in [0.2, 0.25) is 0 Å². The fourth-order valence-corrected chi connectivity index (χ4v) is 2.39. The molecule has 0 aromatic heterocycles. The van der Waals surface area contributed by atoms with Crippen LogP contribution in [-0.4, -0.2) is 24.5 Å². The molecule has 0 fully saturated rings. The van der Waals surface area contributed by atoms with E-state index in [4.69, 9.17) is 4.74 Å². The summed E-state index contributed by atoms with van der Waals surface area (Å²) in [6.07, 6.45) is 1.96. The lowest BCUT2D eigenvalue weighted by molar-refractivity contribution is 0.0941. The molecule has 26 heavy (non-hydrogen) atoms. The van der Waals surface area contributed by atoms with Crippen LogP contribution in [0, 0.1) is 0 Å². The van der Waals surface area contributed by atoms with Crippen molar-refractivity contribution in [3.63, 3.8) is 0 Å². The molecule has 0 heterocycles. The first kappa shape index (κ1) is 19.5. The Bertz CT molecular complexity index is 756. The first-order valence-corrected chi connectivity index (χ1v) is 8.95. The monoisotopic (exact) mass is 354 g/mol. The lowest BCUT2D eigenvalue weighted by atomic mass is 10.1. The van der Waals surface area contributed by atoms with Gasteiger partial charge in [0.15, 0.2) is 0 Å². The molecule has 0 spiro atoms. The summed E-state index contributed by atoms with van der Waals surface area (Å²) in [7, 11) is 0. The van der Waals surface area contributed by atoms with E-state index < -0.39 is 0 Å². The van der Waals surface area contributed by atoms with Crippen LogP contribution in [0.2, 0.25) is 0 Å². The molecule has 2 rings (SSSR count). The van der Waals surface area contributed by atoms with Gasteiger partial charge in [0, 0.05) is 17.3 Å². The molecular formula is C21H26N2O3. The zero-order valence-corrected chi connectivity index (χ0v) is 15.5. The molecule has 5 nitrogen and oxygen atoms in total. The van der Waals surface area contributed by atoms with Crippen molar-refractivity contribution in [2.75, 3.05) is 11.9 Å². The number of anilines is 1. The van der Waals surface area contributed by atoms with E-state index in [1.165, 1.54) is 0 Å². The molecule has 2 amide bonds. The van der Waals surface area contributed by atoms with Crippen LogP contribution in [0.3, 0.4) is 0 Å². The minimum absolute atomic E-state index is 0.0490. The van der Waals surface area contributed by atoms with Crippen molar-refractivity contribution in [3.8, 4) is 5.75 Å². The largest absolute Gasteiger partial charge is 0.493 e. The van der Waals surface area contributed by atoms with E-state index in [9.17, 15) is 9.59 Å². The minimum Gasteiger partial charge on any atom is -0.493 e. The number of ether oxygens (including phenoxy) is 1. The van der Waals surface area contributed by atoms with Gasteiger partial charge in [0.25, 0.3) is 11.8 Å². The van der Waals surface area contributed by atoms with Crippen LogP contribution >= 0.6 is 0 Å². The molecule has 5 heteroatoms. The Morgan fingerprint density at radius 2 is 1.81 bits per heavy atom. The molecule has 138 valence electrons. The van der Waals surface area contributed by atoms with Crippen LogP contribution in [0.5, 0.6) is 5.75 Å². The summed E-state index contributed by atoms with van der Waals surface area (Å²) in [4.78, 5) is 24.8. The molecule has 0 saturated heterocycles. The first-order valence-electron chi connectivity index (χ1n) is 8.95. The van der Waals surface area contributed by atoms with Gasteiger partial charge in [-0.1, -0.05) is 31.5 Å². The van der Waals surface area contributed by atoms with Crippen LogP contribution in [0.1, 0.15) is 54.3 Å². The number of hydrogen-bond acceptors (Lipinski definition) is 3. The van der Waals surface area contributed by atoms with Gasteiger partial charge < -0.3 is 15.4 Å². The fourth-order valence-electron chi connectivity index (χ4n) is 2.39. The van der Waals surface area contributed by atoms with Crippen LogP contribution in [0.4, 0.5) is 5.69 Å². The average molecular weight is 354 g/mol. The van der Waals surface area contributed by atoms with Crippen molar-refractivity contribution in [2.45, 2.75) is 39.7 Å². The Labute approximate surface area is 154 Å². The van der Waals surface area contributed by atoms with Crippen LogP contribution < -0.4 is 15.4 Å². The number of nitrogens with one attached hydrogen (secondary N) is 2. The van der Waals surface area contributed by atoms with E-state index in [0.29, 0.717) is 29.2 Å². The SMILES string of the molecule is CCCCOc1ccccc1C(=O)Nc1cccc(C(=O)NC(C)C)c1. The molecule has 2 N–H and O–H groups in total. The van der Waals surface area contributed by atoms with Gasteiger partial charge >= 0.3 is 0 Å². The number of para-hydroxylation sites is 1. The topological polar surface area (TPSA) is 67.4 Å². The highest BCUT2D eigenvalue weighted by molar-refractivity contribution is 6.06. The van der Waals surface area contributed by atoms with Crippen molar-refractivity contribution >= 4 is 17.5 Å². The molecule has 0 atom stereocenters. The molecule has 0 aliphatic rings. The summed E-state index contributed by atoms with van der Waals surface area (Å²) in [5.74, 6) is 0.130. The third-order valence-electron chi connectivity index (χ3n) is 3.69. The smallest absolute Gasteiger partial charge is 0.259 e. The number of carbonyl (C=O) groups is 2. The summed E-state index contributed by atoms with van der Waals surface area (Å²) < 4.78 is 5.72. The lowest BCUT2D eigenvalue weighted by Crippen LogP contribution is -2.30. The molecule has 0 radical (unpaired) electrons. The second-order valence-electron chi connectivity index (χ2n) is 6.36. The van der Waals surface area contributed by atoms with E-state index in [0.717, 1.165) is 12.8 Å². The highest BCUT2D eigenvalue weighted by Gasteiger charge is 2.13. The minimum atomic E-state index is -0.265. The van der Waals surface area contributed by atoms with Crippen molar-refractivity contribution in [1.82, 2.24) is 5.32 Å². The van der Waals surface area contributed by atoms with E-state index in [-0.39, 0.29) is 17.9 Å². The van der Waals surface area contributed by atoms with Crippen LogP contribution in [0.25, 0.3) is 0 Å². The van der Waals surface area contributed by atoms with Gasteiger partial charge in [-0.05, 0) is 50.6 Å². The maximum absolute atomic E-state index is 12.6. The third kappa shape index (κ3) is 5.62. The van der Waals surface area contributed by atoms with E-state index >= 15 is 0 Å². The number of unbranched alkanes of at least 4 members (excludes halogenated alkanes) is 1. The maximum Gasteiger partial charge on any atom is 0.259 e. The summed E-state index contributed by atoms with van der Waals surface area (Å²) in [6, 6.07) is 14.1. The van der Waals surface area contributed by atoms with Crippen molar-refractivity contribution in [3.05, 3.63) is 59.7 Å². The fraction of sp³-hybridized carbons (Fsp3) is 0.333. The maximum atomic E-state index is 12.6. The summed E-state index contributed by atoms with van der Waals surface area (Å²) in [5, 5.41) is 5.68. The number of rotatable bonds is 8. The van der Waals surface area contributed by atoms with Gasteiger partial charge in [-0.15, -0.1) is 0 Å².